The van der Waals surface area contributed by atoms with Gasteiger partial charge in [0.1, 0.15) is 0 Å². The van der Waals surface area contributed by atoms with Gasteiger partial charge in [-0.1, -0.05) is 18.2 Å². The van der Waals surface area contributed by atoms with Crippen LogP contribution in [-0.2, 0) is 4.79 Å². The third-order valence-corrected chi connectivity index (χ3v) is 3.78. The molecule has 1 amide bonds. The van der Waals surface area contributed by atoms with Crippen molar-refractivity contribution in [2.75, 3.05) is 44.7 Å². The smallest absolute Gasteiger partial charge is 0.236 e. The van der Waals surface area contributed by atoms with Gasteiger partial charge in [0.2, 0.25) is 5.91 Å². The molecule has 1 aliphatic heterocycles. The molecule has 1 aromatic rings. The van der Waals surface area contributed by atoms with Gasteiger partial charge in [0.15, 0.2) is 0 Å². The molecule has 0 aliphatic carbocycles. The lowest BCUT2D eigenvalue weighted by Crippen LogP contribution is -2.37. The summed E-state index contributed by atoms with van der Waals surface area (Å²) in [7, 11) is 2.10. The number of anilines is 1. The molecular weight excluding hydrogens is 250 g/mol. The number of carbonyl (C=O) groups is 1. The Labute approximate surface area is 121 Å². The first kappa shape index (κ1) is 14.9. The highest BCUT2D eigenvalue weighted by molar-refractivity contribution is 5.78. The molecular formula is C16H25N3O. The maximum atomic E-state index is 11.8. The average molecular weight is 275 g/mol. The van der Waals surface area contributed by atoms with Crippen molar-refractivity contribution in [1.82, 2.24) is 10.2 Å². The van der Waals surface area contributed by atoms with Crippen molar-refractivity contribution in [2.45, 2.75) is 19.3 Å². The second-order valence-corrected chi connectivity index (χ2v) is 5.38. The van der Waals surface area contributed by atoms with Crippen LogP contribution < -0.4 is 10.2 Å². The second kappa shape index (κ2) is 7.90. The topological polar surface area (TPSA) is 35.6 Å². The molecule has 1 fully saturated rings. The normalized spacial score (nSPS) is 14.6. The number of hydrogen-bond donors (Lipinski definition) is 1. The quantitative estimate of drug-likeness (QED) is 0.770. The molecule has 0 bridgehead atoms. The van der Waals surface area contributed by atoms with E-state index in [-0.39, 0.29) is 5.91 Å². The van der Waals surface area contributed by atoms with E-state index in [1.807, 2.05) is 11.0 Å². The van der Waals surface area contributed by atoms with Gasteiger partial charge in [-0.2, -0.15) is 0 Å². The molecule has 0 aromatic heterocycles. The summed E-state index contributed by atoms with van der Waals surface area (Å²) in [6.07, 6.45) is 3.36. The molecule has 0 saturated carbocycles. The molecule has 0 radical (unpaired) electrons. The SMILES string of the molecule is CN(CCCNCC(=O)N1CCCC1)c1ccccc1. The summed E-state index contributed by atoms with van der Waals surface area (Å²) in [5, 5.41) is 3.25. The fraction of sp³-hybridized carbons (Fsp3) is 0.562. The number of nitrogens with one attached hydrogen (secondary N) is 1. The van der Waals surface area contributed by atoms with Gasteiger partial charge in [0.25, 0.3) is 0 Å². The Balaban J connectivity index is 1.56. The molecule has 4 heteroatoms. The molecule has 1 heterocycles. The summed E-state index contributed by atoms with van der Waals surface area (Å²) in [4.78, 5) is 16.0. The molecule has 4 nitrogen and oxygen atoms in total. The third-order valence-electron chi connectivity index (χ3n) is 3.78. The number of nitrogens with zero attached hydrogens (tertiary/aromatic N) is 2. The van der Waals surface area contributed by atoms with Crippen molar-refractivity contribution in [2.24, 2.45) is 0 Å². The summed E-state index contributed by atoms with van der Waals surface area (Å²) in [6.45, 7) is 4.25. The fourth-order valence-corrected chi connectivity index (χ4v) is 2.53. The van der Waals surface area contributed by atoms with Gasteiger partial charge in [0.05, 0.1) is 6.54 Å². The van der Waals surface area contributed by atoms with Crippen LogP contribution in [0.1, 0.15) is 19.3 Å². The zero-order valence-electron chi connectivity index (χ0n) is 12.3. The maximum absolute atomic E-state index is 11.8. The van der Waals surface area contributed by atoms with Crippen LogP contribution in [0.4, 0.5) is 5.69 Å². The van der Waals surface area contributed by atoms with Gasteiger partial charge in [-0.05, 0) is 37.9 Å². The van der Waals surface area contributed by atoms with Gasteiger partial charge in [-0.25, -0.2) is 0 Å². The van der Waals surface area contributed by atoms with Crippen molar-refractivity contribution in [3.63, 3.8) is 0 Å². The fourth-order valence-electron chi connectivity index (χ4n) is 2.53. The molecule has 0 spiro atoms. The van der Waals surface area contributed by atoms with E-state index >= 15 is 0 Å². The summed E-state index contributed by atoms with van der Waals surface area (Å²) in [5.74, 6) is 0.249. The standard InChI is InChI=1S/C16H25N3O/c1-18(15-8-3-2-4-9-15)11-7-10-17-14-16(20)19-12-5-6-13-19/h2-4,8-9,17H,5-7,10-14H2,1H3. The Kier molecular flexibility index (Phi) is 5.87. The van der Waals surface area contributed by atoms with E-state index in [0.717, 1.165) is 45.4 Å². The number of benzene rings is 1. The number of likely N-dealkylation sites (tertiary alicyclic amines) is 1. The lowest BCUT2D eigenvalue weighted by molar-refractivity contribution is -0.129. The first-order valence-corrected chi connectivity index (χ1v) is 7.52. The van der Waals surface area contributed by atoms with Crippen LogP contribution in [0.2, 0.25) is 0 Å². The van der Waals surface area contributed by atoms with Crippen molar-refractivity contribution in [3.05, 3.63) is 30.3 Å². The predicted octanol–water partition coefficient (Wildman–Crippen LogP) is 1.72. The molecule has 0 atom stereocenters. The predicted molar refractivity (Wildman–Crippen MR) is 83.0 cm³/mol. The largest absolute Gasteiger partial charge is 0.375 e. The number of hydrogen-bond acceptors (Lipinski definition) is 3. The average Bonchev–Trinajstić information content (AvgIpc) is 3.01. The summed E-state index contributed by atoms with van der Waals surface area (Å²) in [6, 6.07) is 10.4. The minimum Gasteiger partial charge on any atom is -0.375 e. The molecule has 2 rings (SSSR count). The number of amides is 1. The van der Waals surface area contributed by atoms with Crippen LogP contribution in [-0.4, -0.2) is 50.6 Å². The van der Waals surface area contributed by atoms with Gasteiger partial charge in [-0.3, -0.25) is 4.79 Å². The lowest BCUT2D eigenvalue weighted by atomic mass is 10.3. The number of carbonyl (C=O) groups excluding carboxylic acids is 1. The molecule has 110 valence electrons. The van der Waals surface area contributed by atoms with Crippen molar-refractivity contribution < 1.29 is 4.79 Å². The van der Waals surface area contributed by atoms with E-state index in [4.69, 9.17) is 0 Å². The van der Waals surface area contributed by atoms with E-state index in [0.29, 0.717) is 6.54 Å². The van der Waals surface area contributed by atoms with Gasteiger partial charge in [-0.15, -0.1) is 0 Å². The zero-order chi connectivity index (χ0) is 14.2. The molecule has 1 saturated heterocycles. The summed E-state index contributed by atoms with van der Waals surface area (Å²) in [5.41, 5.74) is 1.24. The Morgan fingerprint density at radius 3 is 2.65 bits per heavy atom. The van der Waals surface area contributed by atoms with Crippen LogP contribution in [0.3, 0.4) is 0 Å². The van der Waals surface area contributed by atoms with E-state index < -0.39 is 0 Å². The lowest BCUT2D eigenvalue weighted by Gasteiger charge is -2.19. The van der Waals surface area contributed by atoms with Crippen LogP contribution in [0.15, 0.2) is 30.3 Å². The Morgan fingerprint density at radius 2 is 1.95 bits per heavy atom. The van der Waals surface area contributed by atoms with Crippen molar-refractivity contribution in [3.8, 4) is 0 Å². The van der Waals surface area contributed by atoms with Crippen molar-refractivity contribution >= 4 is 11.6 Å². The minimum atomic E-state index is 0.249. The van der Waals surface area contributed by atoms with E-state index in [1.165, 1.54) is 5.69 Å². The Bertz CT molecular complexity index is 401. The Morgan fingerprint density at radius 1 is 1.25 bits per heavy atom. The van der Waals surface area contributed by atoms with Crippen LogP contribution in [0.25, 0.3) is 0 Å². The minimum absolute atomic E-state index is 0.249. The monoisotopic (exact) mass is 275 g/mol. The highest BCUT2D eigenvalue weighted by Crippen LogP contribution is 2.10. The highest BCUT2D eigenvalue weighted by Gasteiger charge is 2.16. The molecule has 1 aromatic carbocycles. The van der Waals surface area contributed by atoms with Gasteiger partial charge < -0.3 is 15.1 Å². The second-order valence-electron chi connectivity index (χ2n) is 5.38. The molecule has 0 unspecified atom stereocenters. The highest BCUT2D eigenvalue weighted by atomic mass is 16.2. The third kappa shape index (κ3) is 4.53. The number of para-hydroxylation sites is 1. The van der Waals surface area contributed by atoms with Crippen molar-refractivity contribution in [1.29, 1.82) is 0 Å². The van der Waals surface area contributed by atoms with E-state index in [9.17, 15) is 4.79 Å². The first-order valence-electron chi connectivity index (χ1n) is 7.52. The maximum Gasteiger partial charge on any atom is 0.236 e. The first-order chi connectivity index (χ1) is 9.77. The Hall–Kier alpha value is -1.55. The molecule has 20 heavy (non-hydrogen) atoms. The summed E-state index contributed by atoms with van der Waals surface area (Å²) < 4.78 is 0. The van der Waals surface area contributed by atoms with Gasteiger partial charge >= 0.3 is 0 Å². The van der Waals surface area contributed by atoms with Gasteiger partial charge in [0, 0.05) is 32.4 Å². The van der Waals surface area contributed by atoms with E-state index in [2.05, 4.69) is 41.5 Å². The van der Waals surface area contributed by atoms with Crippen LogP contribution in [0, 0.1) is 0 Å². The van der Waals surface area contributed by atoms with Crippen LogP contribution >= 0.6 is 0 Å². The molecule has 1 N–H and O–H groups in total. The number of rotatable bonds is 7. The zero-order valence-corrected chi connectivity index (χ0v) is 12.3. The summed E-state index contributed by atoms with van der Waals surface area (Å²) >= 11 is 0. The van der Waals surface area contributed by atoms with E-state index in [1.54, 1.807) is 0 Å². The van der Waals surface area contributed by atoms with Crippen LogP contribution in [0.5, 0.6) is 0 Å². The molecule has 1 aliphatic rings.